The Kier molecular flexibility index (Phi) is 9.07. The van der Waals surface area contributed by atoms with Gasteiger partial charge >= 0.3 is 0 Å². The van der Waals surface area contributed by atoms with Gasteiger partial charge in [0.2, 0.25) is 11.8 Å². The minimum Gasteiger partial charge on any atom is -0.507 e. The molecule has 0 radical (unpaired) electrons. The van der Waals surface area contributed by atoms with E-state index in [2.05, 4.69) is 59.0 Å². The van der Waals surface area contributed by atoms with E-state index in [0.29, 0.717) is 43.5 Å². The summed E-state index contributed by atoms with van der Waals surface area (Å²) in [6.07, 6.45) is 0.755. The van der Waals surface area contributed by atoms with E-state index in [1.54, 1.807) is 11.8 Å². The molecule has 4 rings (SSSR count). The van der Waals surface area contributed by atoms with Crippen LogP contribution in [0.4, 0.5) is 0 Å². The van der Waals surface area contributed by atoms with Gasteiger partial charge in [-0.1, -0.05) is 53.7 Å². The molecule has 218 valence electrons. The lowest BCUT2D eigenvalue weighted by molar-refractivity contribution is -0.194. The quantitative estimate of drug-likeness (QED) is 0.410. The number of phenols is 1. The van der Waals surface area contributed by atoms with Crippen molar-refractivity contribution in [3.05, 3.63) is 58.1 Å². The van der Waals surface area contributed by atoms with E-state index in [-0.39, 0.29) is 34.6 Å². The zero-order valence-corrected chi connectivity index (χ0v) is 25.6. The van der Waals surface area contributed by atoms with Gasteiger partial charge in [-0.05, 0) is 64.8 Å². The Labute approximate surface area is 242 Å². The van der Waals surface area contributed by atoms with Crippen molar-refractivity contribution in [1.29, 1.82) is 0 Å². The van der Waals surface area contributed by atoms with Crippen molar-refractivity contribution in [2.75, 3.05) is 32.4 Å². The number of nitrogens with one attached hydrogen (secondary N) is 1. The first-order chi connectivity index (χ1) is 18.7. The molecule has 1 saturated heterocycles. The molecule has 0 bridgehead atoms. The average molecular weight is 570 g/mol. The number of carbonyl (C=O) groups is 2. The Hall–Kier alpha value is -2.75. The van der Waals surface area contributed by atoms with E-state index in [1.807, 2.05) is 35.0 Å². The number of phenolic OH excluding ortho intramolecular Hbond substituents is 1. The number of hydrogen-bond donors (Lipinski definition) is 2. The van der Waals surface area contributed by atoms with Crippen LogP contribution in [0, 0.1) is 0 Å². The Bertz CT molecular complexity index is 1220. The third kappa shape index (κ3) is 7.11. The summed E-state index contributed by atoms with van der Waals surface area (Å²) in [6, 6.07) is 9.95. The van der Waals surface area contributed by atoms with Crippen LogP contribution in [0.25, 0.3) is 0 Å². The van der Waals surface area contributed by atoms with Crippen LogP contribution in [0.1, 0.15) is 81.2 Å². The number of carbonyl (C=O) groups excluding carboxylic acids is 2. The van der Waals surface area contributed by atoms with Gasteiger partial charge in [0, 0.05) is 25.2 Å². The summed E-state index contributed by atoms with van der Waals surface area (Å²) in [7, 11) is 1.92. The first-order valence-corrected chi connectivity index (χ1v) is 14.9. The van der Waals surface area contributed by atoms with Gasteiger partial charge in [0.25, 0.3) is 0 Å². The molecular formula is C31H43N3O5S. The average Bonchev–Trinajstić information content (AvgIpc) is 3.47. The number of rotatable bonds is 9. The largest absolute Gasteiger partial charge is 0.507 e. The summed E-state index contributed by atoms with van der Waals surface area (Å²) >= 11 is 1.64. The molecule has 0 saturated carbocycles. The van der Waals surface area contributed by atoms with Crippen molar-refractivity contribution in [3.8, 4) is 11.5 Å². The van der Waals surface area contributed by atoms with Crippen LogP contribution in [-0.4, -0.2) is 59.2 Å². The summed E-state index contributed by atoms with van der Waals surface area (Å²) in [5.74, 6) is 1.57. The molecule has 0 spiro atoms. The third-order valence-electron chi connectivity index (χ3n) is 7.34. The molecule has 8 nitrogen and oxygen atoms in total. The van der Waals surface area contributed by atoms with Gasteiger partial charge in [0.15, 0.2) is 5.75 Å². The third-order valence-corrected chi connectivity index (χ3v) is 8.59. The van der Waals surface area contributed by atoms with Crippen molar-refractivity contribution >= 4 is 23.6 Å². The van der Waals surface area contributed by atoms with Gasteiger partial charge in [0.05, 0.1) is 12.3 Å². The normalized spacial score (nSPS) is 17.4. The monoisotopic (exact) mass is 569 g/mol. The molecule has 0 aromatic heterocycles. The zero-order valence-electron chi connectivity index (χ0n) is 24.8. The molecule has 2 heterocycles. The molecule has 2 aromatic rings. The molecular weight excluding hydrogens is 526 g/mol. The first kappa shape index (κ1) is 30.2. The Balaban J connectivity index is 1.33. The molecule has 2 N–H and O–H groups in total. The lowest BCUT2D eigenvalue weighted by atomic mass is 9.78. The summed E-state index contributed by atoms with van der Waals surface area (Å²) in [4.78, 5) is 39.4. The highest BCUT2D eigenvalue weighted by molar-refractivity contribution is 8.00. The second kappa shape index (κ2) is 12.0. The molecule has 1 fully saturated rings. The topological polar surface area (TPSA) is 91.3 Å². The van der Waals surface area contributed by atoms with Gasteiger partial charge < -0.3 is 20.2 Å². The van der Waals surface area contributed by atoms with Gasteiger partial charge in [0.1, 0.15) is 17.7 Å². The van der Waals surface area contributed by atoms with Crippen molar-refractivity contribution in [3.63, 3.8) is 0 Å². The minimum absolute atomic E-state index is 0.0561. The molecule has 1 unspecified atom stereocenters. The maximum absolute atomic E-state index is 12.9. The number of amides is 2. The van der Waals surface area contributed by atoms with Crippen LogP contribution in [0.5, 0.6) is 11.5 Å². The lowest BCUT2D eigenvalue weighted by Crippen LogP contribution is -2.37. The standard InChI is InChI=1S/C31H43N3O5S/c1-30(2,3)23-14-22(15-24(28(23)37)31(4,5)6)29-34(27(36)19-40-29)12-8-11-33(7)17-26(35)32-16-20-9-10-21-18-38-39-25(21)13-20/h9-10,13-15,29,37H,8,11-12,16-19H2,1-7H3,(H,32,35). The van der Waals surface area contributed by atoms with Crippen LogP contribution in [-0.2, 0) is 38.5 Å². The minimum atomic E-state index is -0.232. The van der Waals surface area contributed by atoms with Gasteiger partial charge in [-0.2, -0.15) is 4.89 Å². The maximum Gasteiger partial charge on any atom is 0.234 e. The SMILES string of the molecule is CN(CCCN1C(=O)CSC1c1cc(C(C)(C)C)c(O)c(C(C)(C)C)c1)CC(=O)NCc1ccc2c(c1)OOC2. The predicted molar refractivity (Wildman–Crippen MR) is 158 cm³/mol. The van der Waals surface area contributed by atoms with E-state index in [4.69, 9.17) is 9.78 Å². The highest BCUT2D eigenvalue weighted by atomic mass is 32.2. The number of thioether (sulfide) groups is 1. The molecule has 40 heavy (non-hydrogen) atoms. The van der Waals surface area contributed by atoms with Crippen LogP contribution < -0.4 is 10.2 Å². The number of likely N-dealkylation sites (N-methyl/N-ethyl adjacent to an activating group) is 1. The summed E-state index contributed by atoms with van der Waals surface area (Å²) in [5.41, 5.74) is 4.35. The number of fused-ring (bicyclic) bond motifs is 1. The van der Waals surface area contributed by atoms with Crippen LogP contribution in [0.15, 0.2) is 30.3 Å². The van der Waals surface area contributed by atoms with E-state index in [1.165, 1.54) is 0 Å². The first-order valence-electron chi connectivity index (χ1n) is 13.9. The van der Waals surface area contributed by atoms with Crippen molar-refractivity contribution in [1.82, 2.24) is 15.1 Å². The smallest absolute Gasteiger partial charge is 0.234 e. The predicted octanol–water partition coefficient (Wildman–Crippen LogP) is 5.02. The maximum atomic E-state index is 12.9. The van der Waals surface area contributed by atoms with Gasteiger partial charge in [-0.3, -0.25) is 14.5 Å². The van der Waals surface area contributed by atoms with E-state index in [0.717, 1.165) is 34.2 Å². The molecule has 2 amide bonds. The highest BCUT2D eigenvalue weighted by Gasteiger charge is 2.35. The highest BCUT2D eigenvalue weighted by Crippen LogP contribution is 2.45. The molecule has 1 atom stereocenters. The summed E-state index contributed by atoms with van der Waals surface area (Å²) in [6.45, 7) is 15.0. The van der Waals surface area contributed by atoms with E-state index < -0.39 is 0 Å². The summed E-state index contributed by atoms with van der Waals surface area (Å²) in [5, 5.41) is 14.0. The Morgan fingerprint density at radius 1 is 1.12 bits per heavy atom. The van der Waals surface area contributed by atoms with Crippen LogP contribution in [0.3, 0.4) is 0 Å². The number of hydrogen-bond acceptors (Lipinski definition) is 7. The Morgan fingerprint density at radius 3 is 2.45 bits per heavy atom. The molecule has 2 aliphatic rings. The number of benzene rings is 2. The number of aromatic hydroxyl groups is 1. The fraction of sp³-hybridized carbons (Fsp3) is 0.548. The molecule has 2 aliphatic heterocycles. The van der Waals surface area contributed by atoms with Crippen LogP contribution in [0.2, 0.25) is 0 Å². The van der Waals surface area contributed by atoms with Crippen molar-refractivity contribution in [2.24, 2.45) is 0 Å². The van der Waals surface area contributed by atoms with Gasteiger partial charge in [-0.25, -0.2) is 0 Å². The molecule has 0 aliphatic carbocycles. The van der Waals surface area contributed by atoms with E-state index >= 15 is 0 Å². The van der Waals surface area contributed by atoms with Crippen LogP contribution >= 0.6 is 11.8 Å². The van der Waals surface area contributed by atoms with Gasteiger partial charge in [-0.15, -0.1) is 11.8 Å². The Morgan fingerprint density at radius 2 is 1.80 bits per heavy atom. The van der Waals surface area contributed by atoms with Crippen molar-refractivity contribution < 1.29 is 24.5 Å². The lowest BCUT2D eigenvalue weighted by Gasteiger charge is -2.31. The summed E-state index contributed by atoms with van der Waals surface area (Å²) < 4.78 is 0. The fourth-order valence-electron chi connectivity index (χ4n) is 5.07. The second-order valence-electron chi connectivity index (χ2n) is 12.9. The molecule has 2 aromatic carbocycles. The molecule has 9 heteroatoms. The fourth-order valence-corrected chi connectivity index (χ4v) is 6.27. The second-order valence-corrected chi connectivity index (χ2v) is 13.9. The number of nitrogens with zero attached hydrogens (tertiary/aromatic N) is 2. The van der Waals surface area contributed by atoms with E-state index in [9.17, 15) is 14.7 Å². The van der Waals surface area contributed by atoms with Crippen molar-refractivity contribution in [2.45, 2.75) is 77.3 Å². The zero-order chi connectivity index (χ0) is 29.2.